The fourth-order valence-corrected chi connectivity index (χ4v) is 7.49. The van der Waals surface area contributed by atoms with Crippen molar-refractivity contribution < 1.29 is 0 Å². The van der Waals surface area contributed by atoms with Gasteiger partial charge in [-0.2, -0.15) is 0 Å². The molecular weight excluding hydrogens is 427 g/mol. The van der Waals surface area contributed by atoms with Crippen LogP contribution >= 0.6 is 8.58 Å². The normalized spacial score (nSPS) is 25.5. The van der Waals surface area contributed by atoms with Crippen LogP contribution in [0.15, 0.2) is 94.7 Å². The molecule has 0 fully saturated rings. The third-order valence-electron chi connectivity index (χ3n) is 8.40. The van der Waals surface area contributed by atoms with E-state index in [4.69, 9.17) is 0 Å². The minimum absolute atomic E-state index is 0.0300. The highest BCUT2D eigenvalue weighted by atomic mass is 31.1. The maximum atomic E-state index is 2.52. The Balaban J connectivity index is 2.24. The standard InChI is InChI=1S/C33H45P/c1-10-18-32(7,27-14-12-13-15-31(27)34-9)29-21-24(4)22-30(26(29)6)33(8,19-11-2)28-20-23(3)16-17-25(28)5/h10-19,22,28-29,34H,20-21H2,1-9H3. The monoisotopic (exact) mass is 472 g/mol. The Labute approximate surface area is 211 Å². The lowest BCUT2D eigenvalue weighted by atomic mass is 9.58. The highest BCUT2D eigenvalue weighted by molar-refractivity contribution is 7.46. The summed E-state index contributed by atoms with van der Waals surface area (Å²) in [5, 5.41) is 1.49. The van der Waals surface area contributed by atoms with Crippen LogP contribution in [0.25, 0.3) is 0 Å². The molecule has 0 aromatic heterocycles. The highest BCUT2D eigenvalue weighted by Crippen LogP contribution is 2.53. The first-order valence-corrected chi connectivity index (χ1v) is 14.4. The predicted octanol–water partition coefficient (Wildman–Crippen LogP) is 9.23. The van der Waals surface area contributed by atoms with Crippen LogP contribution in [0.2, 0.25) is 0 Å². The molecule has 2 aliphatic carbocycles. The molecule has 0 bridgehead atoms. The van der Waals surface area contributed by atoms with Crippen molar-refractivity contribution in [2.24, 2.45) is 17.3 Å². The van der Waals surface area contributed by atoms with Gasteiger partial charge in [0.05, 0.1) is 0 Å². The summed E-state index contributed by atoms with van der Waals surface area (Å²) in [6, 6.07) is 9.13. The van der Waals surface area contributed by atoms with Gasteiger partial charge >= 0.3 is 0 Å². The van der Waals surface area contributed by atoms with Gasteiger partial charge in [-0.1, -0.05) is 112 Å². The molecule has 1 aromatic rings. The zero-order valence-electron chi connectivity index (χ0n) is 22.9. The van der Waals surface area contributed by atoms with E-state index in [-0.39, 0.29) is 10.8 Å². The maximum Gasteiger partial charge on any atom is 0.0178 e. The van der Waals surface area contributed by atoms with Crippen molar-refractivity contribution in [1.29, 1.82) is 0 Å². The van der Waals surface area contributed by atoms with E-state index in [0.717, 1.165) is 21.4 Å². The fraction of sp³-hybridized carbons (Fsp3) is 0.455. The van der Waals surface area contributed by atoms with Gasteiger partial charge in [-0.15, -0.1) is 0 Å². The van der Waals surface area contributed by atoms with E-state index in [1.54, 1.807) is 5.57 Å². The van der Waals surface area contributed by atoms with Gasteiger partial charge < -0.3 is 0 Å². The van der Waals surface area contributed by atoms with Crippen molar-refractivity contribution in [3.8, 4) is 0 Å². The molecule has 0 spiro atoms. The van der Waals surface area contributed by atoms with Gasteiger partial charge in [0.15, 0.2) is 0 Å². The van der Waals surface area contributed by atoms with Crippen molar-refractivity contribution in [1.82, 2.24) is 0 Å². The molecule has 3 rings (SSSR count). The zero-order valence-corrected chi connectivity index (χ0v) is 23.9. The number of hydrogen-bond acceptors (Lipinski definition) is 0. The lowest BCUT2D eigenvalue weighted by Crippen LogP contribution is -2.38. The van der Waals surface area contributed by atoms with Crippen LogP contribution in [-0.4, -0.2) is 6.66 Å². The average molecular weight is 473 g/mol. The van der Waals surface area contributed by atoms with Crippen LogP contribution in [0.3, 0.4) is 0 Å². The molecule has 5 atom stereocenters. The quantitative estimate of drug-likeness (QED) is 0.274. The third-order valence-corrected chi connectivity index (χ3v) is 9.38. The molecule has 182 valence electrons. The molecular formula is C33H45P. The molecule has 0 aliphatic heterocycles. The molecule has 1 heteroatoms. The summed E-state index contributed by atoms with van der Waals surface area (Å²) in [5.41, 5.74) is 8.98. The molecule has 0 heterocycles. The van der Waals surface area contributed by atoms with E-state index >= 15 is 0 Å². The Hall–Kier alpha value is -1.91. The van der Waals surface area contributed by atoms with Gasteiger partial charge in [-0.25, -0.2) is 0 Å². The van der Waals surface area contributed by atoms with E-state index in [0.29, 0.717) is 11.8 Å². The zero-order chi connectivity index (χ0) is 25.1. The first-order chi connectivity index (χ1) is 16.1. The second-order valence-corrected chi connectivity index (χ2v) is 11.9. The van der Waals surface area contributed by atoms with E-state index in [1.165, 1.54) is 33.2 Å². The fourth-order valence-electron chi connectivity index (χ4n) is 6.60. The first-order valence-electron chi connectivity index (χ1n) is 12.9. The maximum absolute atomic E-state index is 2.52. The van der Waals surface area contributed by atoms with E-state index in [1.807, 2.05) is 0 Å². The Morgan fingerprint density at radius 2 is 1.44 bits per heavy atom. The van der Waals surface area contributed by atoms with Crippen molar-refractivity contribution in [2.75, 3.05) is 6.66 Å². The minimum Gasteiger partial charge on any atom is -0.0933 e. The minimum atomic E-state index is -0.0384. The van der Waals surface area contributed by atoms with E-state index in [2.05, 4.69) is 129 Å². The summed E-state index contributed by atoms with van der Waals surface area (Å²) in [5.74, 6) is 0.925. The number of hydrogen-bond donors (Lipinski definition) is 0. The second kappa shape index (κ2) is 10.8. The van der Waals surface area contributed by atoms with Crippen molar-refractivity contribution >= 4 is 13.9 Å². The Kier molecular flexibility index (Phi) is 8.47. The summed E-state index contributed by atoms with van der Waals surface area (Å²) < 4.78 is 0. The van der Waals surface area contributed by atoms with E-state index in [9.17, 15) is 0 Å². The number of allylic oxidation sites excluding steroid dienone is 12. The molecule has 5 unspecified atom stereocenters. The van der Waals surface area contributed by atoms with Gasteiger partial charge in [-0.05, 0) is 89.3 Å². The van der Waals surface area contributed by atoms with Crippen molar-refractivity contribution in [2.45, 2.75) is 73.6 Å². The summed E-state index contributed by atoms with van der Waals surface area (Å²) in [6.07, 6.45) is 18.9. The lowest BCUT2D eigenvalue weighted by Gasteiger charge is -2.46. The molecule has 1 aromatic carbocycles. The summed E-state index contributed by atoms with van der Waals surface area (Å²) in [4.78, 5) is 0. The highest BCUT2D eigenvalue weighted by Gasteiger charge is 2.43. The predicted molar refractivity (Wildman–Crippen MR) is 156 cm³/mol. The molecule has 0 N–H and O–H groups in total. The molecule has 0 saturated heterocycles. The molecule has 0 radical (unpaired) electrons. The van der Waals surface area contributed by atoms with Crippen molar-refractivity contribution in [3.05, 3.63) is 100 Å². The first kappa shape index (κ1) is 26.7. The van der Waals surface area contributed by atoms with Gasteiger partial charge in [0, 0.05) is 10.8 Å². The average Bonchev–Trinajstić information content (AvgIpc) is 2.81. The van der Waals surface area contributed by atoms with Gasteiger partial charge in [0.1, 0.15) is 0 Å². The lowest BCUT2D eigenvalue weighted by molar-refractivity contribution is 0.330. The second-order valence-electron chi connectivity index (χ2n) is 10.9. The van der Waals surface area contributed by atoms with Crippen LogP contribution in [0.4, 0.5) is 0 Å². The SMILES string of the molecule is CC=CC(C)(C1=C(C)C(C(C)(C=CC)c2ccccc2PC)CC(C)=C1)C1CC(C)=CC=C1C. The van der Waals surface area contributed by atoms with Crippen LogP contribution < -0.4 is 5.30 Å². The summed E-state index contributed by atoms with van der Waals surface area (Å²) in [7, 11) is 0.798. The molecule has 2 aliphatic rings. The molecule has 0 saturated carbocycles. The Bertz CT molecular complexity index is 1090. The molecule has 34 heavy (non-hydrogen) atoms. The number of benzene rings is 1. The van der Waals surface area contributed by atoms with Crippen LogP contribution in [-0.2, 0) is 5.41 Å². The van der Waals surface area contributed by atoms with Gasteiger partial charge in [0.2, 0.25) is 0 Å². The van der Waals surface area contributed by atoms with Crippen LogP contribution in [0, 0.1) is 17.3 Å². The molecule has 0 nitrogen and oxygen atoms in total. The third kappa shape index (κ3) is 4.90. The molecule has 0 amide bonds. The summed E-state index contributed by atoms with van der Waals surface area (Å²) in [6.45, 7) is 21.0. The van der Waals surface area contributed by atoms with Gasteiger partial charge in [0.25, 0.3) is 0 Å². The largest absolute Gasteiger partial charge is 0.0933 e. The van der Waals surface area contributed by atoms with Crippen LogP contribution in [0.1, 0.15) is 73.8 Å². The Morgan fingerprint density at radius 1 is 0.824 bits per heavy atom. The van der Waals surface area contributed by atoms with Crippen LogP contribution in [0.5, 0.6) is 0 Å². The van der Waals surface area contributed by atoms with Gasteiger partial charge in [-0.3, -0.25) is 0 Å². The van der Waals surface area contributed by atoms with E-state index < -0.39 is 0 Å². The topological polar surface area (TPSA) is 0 Å². The van der Waals surface area contributed by atoms with Crippen molar-refractivity contribution in [3.63, 3.8) is 0 Å². The smallest absolute Gasteiger partial charge is 0.0178 e. The summed E-state index contributed by atoms with van der Waals surface area (Å²) >= 11 is 0. The number of rotatable bonds is 7. The Morgan fingerprint density at radius 3 is 2.09 bits per heavy atom.